The average Bonchev–Trinajstić information content (AvgIpc) is 2.88. The Balaban J connectivity index is 1.44. The van der Waals surface area contributed by atoms with Gasteiger partial charge in [-0.2, -0.15) is 0 Å². The van der Waals surface area contributed by atoms with Crippen molar-refractivity contribution in [1.82, 2.24) is 9.62 Å². The third kappa shape index (κ3) is 4.76. The van der Waals surface area contributed by atoms with Gasteiger partial charge in [0.1, 0.15) is 17.3 Å². The van der Waals surface area contributed by atoms with Gasteiger partial charge in [0.25, 0.3) is 15.9 Å². The normalized spacial score (nSPS) is 15.7. The molecular formula is C21H24N2O5S. The van der Waals surface area contributed by atoms with E-state index < -0.39 is 15.9 Å². The van der Waals surface area contributed by atoms with E-state index >= 15 is 0 Å². The summed E-state index contributed by atoms with van der Waals surface area (Å²) in [7, 11) is -3.83. The van der Waals surface area contributed by atoms with Gasteiger partial charge >= 0.3 is 0 Å². The van der Waals surface area contributed by atoms with E-state index in [1.54, 1.807) is 12.1 Å². The highest BCUT2D eigenvalue weighted by Crippen LogP contribution is 2.29. The van der Waals surface area contributed by atoms with E-state index in [4.69, 9.17) is 4.74 Å². The van der Waals surface area contributed by atoms with Crippen molar-refractivity contribution in [2.45, 2.75) is 37.6 Å². The molecule has 0 saturated carbocycles. The Morgan fingerprint density at radius 1 is 1.14 bits per heavy atom. The molecule has 1 heterocycles. The molecule has 0 radical (unpaired) electrons. The number of hydrogen-bond acceptors (Lipinski definition) is 5. The first-order valence-electron chi connectivity index (χ1n) is 9.44. The lowest BCUT2D eigenvalue weighted by atomic mass is 10.2. The topological polar surface area (TPSA) is 92.8 Å². The highest BCUT2D eigenvalue weighted by Gasteiger charge is 2.40. The number of benzene rings is 2. The van der Waals surface area contributed by atoms with E-state index in [9.17, 15) is 18.0 Å². The van der Waals surface area contributed by atoms with Crippen LogP contribution in [-0.2, 0) is 14.8 Å². The molecule has 8 heteroatoms. The number of hydrogen-bond donors (Lipinski definition) is 1. The molecule has 29 heavy (non-hydrogen) atoms. The molecule has 2 amide bonds. The van der Waals surface area contributed by atoms with Crippen LogP contribution in [0, 0.1) is 6.92 Å². The molecule has 1 atom stereocenters. The molecule has 154 valence electrons. The molecular weight excluding hydrogens is 392 g/mol. The van der Waals surface area contributed by atoms with E-state index in [1.807, 2.05) is 38.1 Å². The number of carbonyl (C=O) groups excluding carboxylic acids is 2. The maximum Gasteiger partial charge on any atom is 0.269 e. The minimum atomic E-state index is -3.83. The van der Waals surface area contributed by atoms with Gasteiger partial charge in [0.15, 0.2) is 0 Å². The van der Waals surface area contributed by atoms with Crippen LogP contribution in [0.1, 0.15) is 35.7 Å². The Labute approximate surface area is 170 Å². The summed E-state index contributed by atoms with van der Waals surface area (Å²) >= 11 is 0. The second kappa shape index (κ2) is 8.65. The predicted octanol–water partition coefficient (Wildman–Crippen LogP) is 2.50. The highest BCUT2D eigenvalue weighted by molar-refractivity contribution is 7.90. The summed E-state index contributed by atoms with van der Waals surface area (Å²) in [4.78, 5) is 24.5. The first kappa shape index (κ1) is 20.9. The third-order valence-electron chi connectivity index (χ3n) is 4.61. The van der Waals surface area contributed by atoms with E-state index in [-0.39, 0.29) is 41.8 Å². The Morgan fingerprint density at radius 2 is 1.83 bits per heavy atom. The number of fused-ring (bicyclic) bond motifs is 1. The molecule has 7 nitrogen and oxygen atoms in total. The first-order valence-corrected chi connectivity index (χ1v) is 10.9. The van der Waals surface area contributed by atoms with E-state index in [0.717, 1.165) is 15.6 Å². The number of amides is 2. The second-order valence-corrected chi connectivity index (χ2v) is 8.91. The lowest BCUT2D eigenvalue weighted by Crippen LogP contribution is -2.37. The number of aryl methyl sites for hydroxylation is 1. The molecule has 0 bridgehead atoms. The number of rotatable bonds is 8. The Kier molecular flexibility index (Phi) is 6.22. The van der Waals surface area contributed by atoms with Crippen molar-refractivity contribution in [3.8, 4) is 5.75 Å². The van der Waals surface area contributed by atoms with Gasteiger partial charge in [-0.1, -0.05) is 29.8 Å². The summed E-state index contributed by atoms with van der Waals surface area (Å²) in [6.45, 7) is 4.12. The van der Waals surface area contributed by atoms with Crippen molar-refractivity contribution in [1.29, 1.82) is 0 Å². The van der Waals surface area contributed by atoms with E-state index in [2.05, 4.69) is 5.32 Å². The number of nitrogens with zero attached hydrogens (tertiary/aromatic N) is 1. The molecule has 0 saturated heterocycles. The van der Waals surface area contributed by atoms with Gasteiger partial charge in [-0.05, 0) is 44.5 Å². The standard InChI is InChI=1S/C21H24N2O5S/c1-15-9-11-17(12-10-15)28-14-16(2)22-20(24)8-5-13-23-21(25)18-6-3-4-7-19(18)29(23,26)27/h3-4,6-7,9-12,16H,5,8,13-14H2,1-2H3,(H,22,24). The van der Waals surface area contributed by atoms with Gasteiger partial charge in [-0.15, -0.1) is 0 Å². The molecule has 3 rings (SSSR count). The first-order chi connectivity index (χ1) is 13.8. The van der Waals surface area contributed by atoms with Crippen molar-refractivity contribution < 1.29 is 22.7 Å². The van der Waals surface area contributed by atoms with Gasteiger partial charge < -0.3 is 10.1 Å². The van der Waals surface area contributed by atoms with Crippen LogP contribution in [0.15, 0.2) is 53.4 Å². The van der Waals surface area contributed by atoms with E-state index in [1.165, 1.54) is 12.1 Å². The summed E-state index contributed by atoms with van der Waals surface area (Å²) in [5, 5.41) is 2.82. The molecule has 1 unspecified atom stereocenters. The van der Waals surface area contributed by atoms with Gasteiger partial charge in [0.2, 0.25) is 5.91 Å². The van der Waals surface area contributed by atoms with Gasteiger partial charge in [-0.3, -0.25) is 9.59 Å². The number of carbonyl (C=O) groups is 2. The molecule has 0 spiro atoms. The Morgan fingerprint density at radius 3 is 2.52 bits per heavy atom. The number of nitrogens with one attached hydrogen (secondary N) is 1. The second-order valence-electron chi connectivity index (χ2n) is 7.07. The van der Waals surface area contributed by atoms with Crippen LogP contribution in [0.5, 0.6) is 5.75 Å². The molecule has 1 aliphatic heterocycles. The maximum atomic E-state index is 12.5. The molecule has 0 aliphatic carbocycles. The summed E-state index contributed by atoms with van der Waals surface area (Å²) in [6.07, 6.45) is 0.362. The van der Waals surface area contributed by atoms with Crippen molar-refractivity contribution in [2.75, 3.05) is 13.2 Å². The van der Waals surface area contributed by atoms with Crippen LogP contribution < -0.4 is 10.1 Å². The Hall–Kier alpha value is -2.87. The average molecular weight is 416 g/mol. The highest BCUT2D eigenvalue weighted by atomic mass is 32.2. The van der Waals surface area contributed by atoms with Gasteiger partial charge in [-0.25, -0.2) is 12.7 Å². The lowest BCUT2D eigenvalue weighted by molar-refractivity contribution is -0.122. The van der Waals surface area contributed by atoms with Crippen LogP contribution in [0.25, 0.3) is 0 Å². The van der Waals surface area contributed by atoms with Crippen molar-refractivity contribution in [3.05, 3.63) is 59.7 Å². The molecule has 1 N–H and O–H groups in total. The fourth-order valence-electron chi connectivity index (χ4n) is 3.08. The Bertz CT molecular complexity index is 1000. The fourth-order valence-corrected chi connectivity index (χ4v) is 4.69. The van der Waals surface area contributed by atoms with Crippen LogP contribution in [0.4, 0.5) is 0 Å². The summed E-state index contributed by atoms with van der Waals surface area (Å²) in [5.41, 5.74) is 1.32. The summed E-state index contributed by atoms with van der Waals surface area (Å²) in [5.74, 6) is -0.0264. The van der Waals surface area contributed by atoms with Crippen molar-refractivity contribution >= 4 is 21.8 Å². The fraction of sp³-hybridized carbons (Fsp3) is 0.333. The monoisotopic (exact) mass is 416 g/mol. The zero-order valence-corrected chi connectivity index (χ0v) is 17.2. The predicted molar refractivity (Wildman–Crippen MR) is 108 cm³/mol. The van der Waals surface area contributed by atoms with Crippen LogP contribution >= 0.6 is 0 Å². The van der Waals surface area contributed by atoms with Crippen LogP contribution in [0.3, 0.4) is 0 Å². The molecule has 1 aliphatic rings. The van der Waals surface area contributed by atoms with Gasteiger partial charge in [0.05, 0.1) is 11.6 Å². The molecule has 2 aromatic rings. The van der Waals surface area contributed by atoms with E-state index in [0.29, 0.717) is 6.61 Å². The molecule has 2 aromatic carbocycles. The third-order valence-corrected chi connectivity index (χ3v) is 6.45. The molecule has 0 aromatic heterocycles. The van der Waals surface area contributed by atoms with Crippen LogP contribution in [0.2, 0.25) is 0 Å². The van der Waals surface area contributed by atoms with Crippen molar-refractivity contribution in [2.24, 2.45) is 0 Å². The maximum absolute atomic E-state index is 12.5. The smallest absolute Gasteiger partial charge is 0.269 e. The number of sulfonamides is 1. The zero-order valence-electron chi connectivity index (χ0n) is 16.4. The zero-order chi connectivity index (χ0) is 21.0. The minimum absolute atomic E-state index is 0.0244. The van der Waals surface area contributed by atoms with Gasteiger partial charge in [0, 0.05) is 13.0 Å². The number of ether oxygens (including phenoxy) is 1. The molecule has 0 fully saturated rings. The van der Waals surface area contributed by atoms with Crippen LogP contribution in [-0.4, -0.2) is 43.7 Å². The quantitative estimate of drug-likeness (QED) is 0.714. The minimum Gasteiger partial charge on any atom is -0.491 e. The lowest BCUT2D eigenvalue weighted by Gasteiger charge is -2.17. The van der Waals surface area contributed by atoms with Crippen molar-refractivity contribution in [3.63, 3.8) is 0 Å². The summed E-state index contributed by atoms with van der Waals surface area (Å²) < 4.78 is 31.4. The SMILES string of the molecule is Cc1ccc(OCC(C)NC(=O)CCCN2C(=O)c3ccccc3S2(=O)=O)cc1. The largest absolute Gasteiger partial charge is 0.491 e. The summed E-state index contributed by atoms with van der Waals surface area (Å²) in [6, 6.07) is 13.6.